The lowest BCUT2D eigenvalue weighted by atomic mass is 9.79. The number of hydrogen-bond acceptors (Lipinski definition) is 7. The van der Waals surface area contributed by atoms with E-state index in [1.165, 1.54) is 77.0 Å². The van der Waals surface area contributed by atoms with Crippen LogP contribution in [0.5, 0.6) is 5.75 Å². The van der Waals surface area contributed by atoms with Crippen molar-refractivity contribution < 1.29 is 5.11 Å². The number of aromatic hydroxyl groups is 1. The van der Waals surface area contributed by atoms with Gasteiger partial charge < -0.3 is 10.0 Å². The Labute approximate surface area is 279 Å². The van der Waals surface area contributed by atoms with Crippen molar-refractivity contribution in [2.24, 2.45) is 0 Å². The van der Waals surface area contributed by atoms with Gasteiger partial charge >= 0.3 is 0 Å². The third-order valence-electron chi connectivity index (χ3n) is 8.04. The number of aromatic nitrogens is 3. The highest BCUT2D eigenvalue weighted by Crippen LogP contribution is 2.43. The van der Waals surface area contributed by atoms with Crippen LogP contribution >= 0.6 is 23.5 Å². The molecule has 0 fully saturated rings. The number of phenols is 1. The van der Waals surface area contributed by atoms with Crippen molar-refractivity contribution in [2.75, 3.05) is 23.0 Å². The smallest absolute Gasteiger partial charge is 0.234 e. The van der Waals surface area contributed by atoms with Crippen LogP contribution in [0.25, 0.3) is 0 Å². The monoisotopic (exact) mass is 644 g/mol. The van der Waals surface area contributed by atoms with E-state index in [2.05, 4.69) is 79.3 Å². The molecule has 1 aromatic carbocycles. The minimum atomic E-state index is -0.202. The zero-order valence-corrected chi connectivity index (χ0v) is 31.4. The Kier molecular flexibility index (Phi) is 17.5. The summed E-state index contributed by atoms with van der Waals surface area (Å²) < 4.78 is 0. The molecule has 2 rings (SSSR count). The Bertz CT molecular complexity index is 1020. The van der Waals surface area contributed by atoms with Crippen LogP contribution in [-0.4, -0.2) is 38.1 Å². The molecule has 1 aromatic heterocycles. The van der Waals surface area contributed by atoms with Gasteiger partial charge in [0, 0.05) is 34.9 Å². The van der Waals surface area contributed by atoms with Crippen molar-refractivity contribution in [3.63, 3.8) is 0 Å². The van der Waals surface area contributed by atoms with Crippen molar-refractivity contribution in [1.82, 2.24) is 15.0 Å². The predicted molar refractivity (Wildman–Crippen MR) is 195 cm³/mol. The number of rotatable bonds is 21. The second-order valence-electron chi connectivity index (χ2n) is 14.3. The maximum absolute atomic E-state index is 11.4. The van der Waals surface area contributed by atoms with E-state index < -0.39 is 0 Å². The SMILES string of the molecule is CCCCCCCCSc1nc(SCCCCCCCC)nc(N(CCCC)c2cc(C(C)(C)C)c(O)c(C(C)(C)C)c2)n1. The van der Waals surface area contributed by atoms with E-state index in [4.69, 9.17) is 15.0 Å². The second kappa shape index (κ2) is 19.9. The first-order chi connectivity index (χ1) is 20.9. The standard InChI is InChI=1S/C37H64N4OS2/c1-10-13-16-18-20-22-25-43-34-38-33(39-35(40-34)44-26-23-21-19-17-14-11-2)41(24-15-12-3)29-27-30(36(4,5)6)32(42)31(28-29)37(7,8)9/h27-28,42H,10-26H2,1-9H3. The van der Waals surface area contributed by atoms with E-state index in [0.717, 1.165) is 64.0 Å². The first kappa shape index (κ1) is 38.7. The largest absolute Gasteiger partial charge is 0.507 e. The van der Waals surface area contributed by atoms with Gasteiger partial charge in [-0.3, -0.25) is 0 Å². The van der Waals surface area contributed by atoms with Gasteiger partial charge in [-0.15, -0.1) is 0 Å². The minimum Gasteiger partial charge on any atom is -0.507 e. The van der Waals surface area contributed by atoms with Crippen LogP contribution in [-0.2, 0) is 10.8 Å². The van der Waals surface area contributed by atoms with Gasteiger partial charge in [-0.05, 0) is 42.2 Å². The minimum absolute atomic E-state index is 0.202. The Morgan fingerprint density at radius 1 is 0.591 bits per heavy atom. The van der Waals surface area contributed by atoms with Crippen LogP contribution in [0.2, 0.25) is 0 Å². The molecule has 0 amide bonds. The maximum atomic E-state index is 11.4. The van der Waals surface area contributed by atoms with Crippen LogP contribution in [0.1, 0.15) is 163 Å². The molecule has 0 saturated heterocycles. The number of unbranched alkanes of at least 4 members (excludes halogenated alkanes) is 11. The Morgan fingerprint density at radius 3 is 1.41 bits per heavy atom. The molecular formula is C37H64N4OS2. The lowest BCUT2D eigenvalue weighted by Gasteiger charge is -2.31. The first-order valence-corrected chi connectivity index (χ1v) is 19.6. The Hall–Kier alpha value is -1.47. The topological polar surface area (TPSA) is 62.1 Å². The van der Waals surface area contributed by atoms with Crippen molar-refractivity contribution in [1.29, 1.82) is 0 Å². The van der Waals surface area contributed by atoms with Crippen LogP contribution < -0.4 is 4.90 Å². The molecule has 44 heavy (non-hydrogen) atoms. The first-order valence-electron chi connectivity index (χ1n) is 17.6. The van der Waals surface area contributed by atoms with Gasteiger partial charge in [0.25, 0.3) is 0 Å². The van der Waals surface area contributed by atoms with Crippen LogP contribution in [0.15, 0.2) is 22.4 Å². The normalized spacial score (nSPS) is 12.2. The second-order valence-corrected chi connectivity index (χ2v) is 16.5. The number of benzene rings is 1. The van der Waals surface area contributed by atoms with Crippen LogP contribution in [0, 0.1) is 0 Å². The highest BCUT2D eigenvalue weighted by molar-refractivity contribution is 7.99. The van der Waals surface area contributed by atoms with E-state index >= 15 is 0 Å². The average molecular weight is 645 g/mol. The summed E-state index contributed by atoms with van der Waals surface area (Å²) in [5.41, 5.74) is 2.57. The highest BCUT2D eigenvalue weighted by atomic mass is 32.2. The molecule has 0 saturated carbocycles. The number of thioether (sulfide) groups is 2. The van der Waals surface area contributed by atoms with Gasteiger partial charge in [-0.2, -0.15) is 15.0 Å². The van der Waals surface area contributed by atoms with E-state index in [1.54, 1.807) is 23.5 Å². The molecule has 2 aromatic rings. The molecule has 0 atom stereocenters. The van der Waals surface area contributed by atoms with Crippen molar-refractivity contribution in [3.8, 4) is 5.75 Å². The Balaban J connectivity index is 2.44. The quantitative estimate of drug-likeness (QED) is 0.107. The molecule has 0 radical (unpaired) electrons. The van der Waals surface area contributed by atoms with Gasteiger partial charge in [0.1, 0.15) is 5.75 Å². The summed E-state index contributed by atoms with van der Waals surface area (Å²) in [5.74, 6) is 3.21. The van der Waals surface area contributed by atoms with E-state index in [0.29, 0.717) is 5.75 Å². The van der Waals surface area contributed by atoms with Gasteiger partial charge in [-0.1, -0.05) is 156 Å². The molecule has 0 bridgehead atoms. The van der Waals surface area contributed by atoms with E-state index in [-0.39, 0.29) is 10.8 Å². The van der Waals surface area contributed by atoms with Gasteiger partial charge in [0.05, 0.1) is 0 Å². The number of hydrogen-bond donors (Lipinski definition) is 1. The molecule has 0 unspecified atom stereocenters. The summed E-state index contributed by atoms with van der Waals surface area (Å²) in [6.45, 7) is 20.6. The fraction of sp³-hybridized carbons (Fsp3) is 0.757. The zero-order chi connectivity index (χ0) is 32.6. The summed E-state index contributed by atoms with van der Waals surface area (Å²) in [6, 6.07) is 4.33. The highest BCUT2D eigenvalue weighted by Gasteiger charge is 2.28. The summed E-state index contributed by atoms with van der Waals surface area (Å²) >= 11 is 3.55. The molecule has 1 N–H and O–H groups in total. The van der Waals surface area contributed by atoms with Crippen molar-refractivity contribution >= 4 is 35.2 Å². The summed E-state index contributed by atoms with van der Waals surface area (Å²) in [6.07, 6.45) is 17.6. The lowest BCUT2D eigenvalue weighted by Crippen LogP contribution is -2.24. The number of phenolic OH excluding ortho intramolecular Hbond substituents is 1. The third kappa shape index (κ3) is 13.5. The predicted octanol–water partition coefficient (Wildman–Crippen LogP) is 12.0. The fourth-order valence-electron chi connectivity index (χ4n) is 5.25. The van der Waals surface area contributed by atoms with Gasteiger partial charge in [0.2, 0.25) is 5.95 Å². The summed E-state index contributed by atoms with van der Waals surface area (Å²) in [4.78, 5) is 17.4. The zero-order valence-electron chi connectivity index (χ0n) is 29.7. The molecular weight excluding hydrogens is 581 g/mol. The molecule has 0 aliphatic heterocycles. The number of nitrogens with zero attached hydrogens (tertiary/aromatic N) is 4. The van der Waals surface area contributed by atoms with E-state index in [1.807, 2.05) is 0 Å². The van der Waals surface area contributed by atoms with Crippen molar-refractivity contribution in [2.45, 2.75) is 173 Å². The van der Waals surface area contributed by atoms with Gasteiger partial charge in [-0.25, -0.2) is 0 Å². The average Bonchev–Trinajstić information content (AvgIpc) is 2.95. The summed E-state index contributed by atoms with van der Waals surface area (Å²) in [5, 5.41) is 13.1. The fourth-order valence-corrected chi connectivity index (χ4v) is 6.96. The molecule has 7 heteroatoms. The lowest BCUT2D eigenvalue weighted by molar-refractivity contribution is 0.423. The molecule has 250 valence electrons. The molecule has 0 aliphatic carbocycles. The van der Waals surface area contributed by atoms with Crippen LogP contribution in [0.4, 0.5) is 11.6 Å². The summed E-state index contributed by atoms with van der Waals surface area (Å²) in [7, 11) is 0. The Morgan fingerprint density at radius 2 is 1.00 bits per heavy atom. The molecule has 0 spiro atoms. The molecule has 0 aliphatic rings. The van der Waals surface area contributed by atoms with Crippen LogP contribution in [0.3, 0.4) is 0 Å². The molecule has 1 heterocycles. The van der Waals surface area contributed by atoms with Gasteiger partial charge in [0.15, 0.2) is 10.3 Å². The third-order valence-corrected chi connectivity index (χ3v) is 9.91. The van der Waals surface area contributed by atoms with Crippen molar-refractivity contribution in [3.05, 3.63) is 23.3 Å². The number of anilines is 2. The maximum Gasteiger partial charge on any atom is 0.234 e. The van der Waals surface area contributed by atoms with E-state index in [9.17, 15) is 5.11 Å². The molecule has 5 nitrogen and oxygen atoms in total.